The first-order chi connectivity index (χ1) is 7.72. The molecule has 0 aliphatic carbocycles. The van der Waals surface area contributed by atoms with Crippen molar-refractivity contribution >= 4 is 0 Å². The Hall–Kier alpha value is -1.06. The predicted octanol–water partition coefficient (Wildman–Crippen LogP) is 2.00. The summed E-state index contributed by atoms with van der Waals surface area (Å²) in [7, 11) is 1.71. The molecular weight excluding hydrogens is 202 g/mol. The van der Waals surface area contributed by atoms with Gasteiger partial charge in [0.1, 0.15) is 12.4 Å². The maximum absolute atomic E-state index is 5.59. The summed E-state index contributed by atoms with van der Waals surface area (Å²) in [5.41, 5.74) is 1.25. The highest BCUT2D eigenvalue weighted by Gasteiger charge is 1.99. The van der Waals surface area contributed by atoms with Crippen molar-refractivity contribution in [2.24, 2.45) is 0 Å². The Morgan fingerprint density at radius 2 is 1.94 bits per heavy atom. The van der Waals surface area contributed by atoms with E-state index in [-0.39, 0.29) is 0 Å². The fraction of sp³-hybridized carbons (Fsp3) is 0.538. The van der Waals surface area contributed by atoms with Gasteiger partial charge in [0.25, 0.3) is 0 Å². The van der Waals surface area contributed by atoms with E-state index in [4.69, 9.17) is 9.47 Å². The lowest BCUT2D eigenvalue weighted by molar-refractivity contribution is 0.169. The minimum Gasteiger partial charge on any atom is -0.492 e. The van der Waals surface area contributed by atoms with Gasteiger partial charge in [-0.1, -0.05) is 17.7 Å². The minimum atomic E-state index is 0.367. The Morgan fingerprint density at radius 3 is 2.56 bits per heavy atom. The Kier molecular flexibility index (Phi) is 5.90. The van der Waals surface area contributed by atoms with Gasteiger partial charge in [0.15, 0.2) is 0 Å². The van der Waals surface area contributed by atoms with E-state index in [1.165, 1.54) is 5.56 Å². The molecule has 0 aromatic heterocycles. The first kappa shape index (κ1) is 13.0. The van der Waals surface area contributed by atoms with E-state index in [1.807, 2.05) is 12.1 Å². The van der Waals surface area contributed by atoms with Crippen molar-refractivity contribution in [1.82, 2.24) is 5.32 Å². The van der Waals surface area contributed by atoms with Gasteiger partial charge >= 0.3 is 0 Å². The number of hydrogen-bond donors (Lipinski definition) is 1. The molecule has 16 heavy (non-hydrogen) atoms. The van der Waals surface area contributed by atoms with Crippen LogP contribution in [0.4, 0.5) is 0 Å². The first-order valence-corrected chi connectivity index (χ1v) is 5.64. The van der Waals surface area contributed by atoms with Crippen LogP contribution in [0.15, 0.2) is 24.3 Å². The number of ether oxygens (including phenoxy) is 2. The van der Waals surface area contributed by atoms with Crippen LogP contribution in [0.1, 0.15) is 12.5 Å². The van der Waals surface area contributed by atoms with Gasteiger partial charge in [0.2, 0.25) is 0 Å². The van der Waals surface area contributed by atoms with E-state index in [2.05, 4.69) is 31.3 Å². The Labute approximate surface area is 97.8 Å². The third-order valence-electron chi connectivity index (χ3n) is 2.30. The molecule has 0 heterocycles. The average molecular weight is 223 g/mol. The largest absolute Gasteiger partial charge is 0.492 e. The molecule has 0 aliphatic heterocycles. The monoisotopic (exact) mass is 223 g/mol. The maximum Gasteiger partial charge on any atom is 0.119 e. The summed E-state index contributed by atoms with van der Waals surface area (Å²) >= 11 is 0. The minimum absolute atomic E-state index is 0.367. The lowest BCUT2D eigenvalue weighted by atomic mass is 10.2. The van der Waals surface area contributed by atoms with Crippen LogP contribution >= 0.6 is 0 Å². The van der Waals surface area contributed by atoms with Crippen molar-refractivity contribution in [3.8, 4) is 5.75 Å². The summed E-state index contributed by atoms with van der Waals surface area (Å²) in [6.45, 7) is 6.40. The second-order valence-electron chi connectivity index (χ2n) is 3.97. The van der Waals surface area contributed by atoms with Crippen molar-refractivity contribution in [3.63, 3.8) is 0 Å². The number of hydrogen-bond acceptors (Lipinski definition) is 3. The van der Waals surface area contributed by atoms with E-state index in [1.54, 1.807) is 7.11 Å². The number of rotatable bonds is 7. The van der Waals surface area contributed by atoms with E-state index < -0.39 is 0 Å². The van der Waals surface area contributed by atoms with Crippen LogP contribution < -0.4 is 10.1 Å². The lowest BCUT2D eigenvalue weighted by Crippen LogP contribution is -2.33. The molecule has 1 unspecified atom stereocenters. The second-order valence-corrected chi connectivity index (χ2v) is 3.97. The normalized spacial score (nSPS) is 12.4. The highest BCUT2D eigenvalue weighted by molar-refractivity contribution is 5.26. The van der Waals surface area contributed by atoms with E-state index in [0.717, 1.165) is 18.9 Å². The van der Waals surface area contributed by atoms with E-state index in [9.17, 15) is 0 Å². The van der Waals surface area contributed by atoms with Crippen molar-refractivity contribution in [3.05, 3.63) is 29.8 Å². The van der Waals surface area contributed by atoms with Gasteiger partial charge in [0.05, 0.1) is 6.61 Å². The highest BCUT2D eigenvalue weighted by Crippen LogP contribution is 2.10. The van der Waals surface area contributed by atoms with Crippen LogP contribution in [0, 0.1) is 6.92 Å². The third kappa shape index (κ3) is 5.14. The van der Waals surface area contributed by atoms with Crippen LogP contribution in [0.25, 0.3) is 0 Å². The van der Waals surface area contributed by atoms with Gasteiger partial charge < -0.3 is 14.8 Å². The summed E-state index contributed by atoms with van der Waals surface area (Å²) in [5.74, 6) is 0.923. The number of methoxy groups -OCH3 is 1. The summed E-state index contributed by atoms with van der Waals surface area (Å²) < 4.78 is 10.6. The molecule has 1 N–H and O–H groups in total. The highest BCUT2D eigenvalue weighted by atomic mass is 16.5. The molecule has 0 fully saturated rings. The van der Waals surface area contributed by atoms with E-state index >= 15 is 0 Å². The molecule has 0 aliphatic rings. The van der Waals surface area contributed by atoms with Gasteiger partial charge in [-0.3, -0.25) is 0 Å². The molecule has 0 amide bonds. The fourth-order valence-electron chi connectivity index (χ4n) is 1.42. The quantitative estimate of drug-likeness (QED) is 0.717. The molecule has 1 rings (SSSR count). The summed E-state index contributed by atoms with van der Waals surface area (Å²) in [4.78, 5) is 0. The zero-order valence-electron chi connectivity index (χ0n) is 10.3. The molecule has 1 aromatic rings. The number of nitrogens with one attached hydrogen (secondary N) is 1. The van der Waals surface area contributed by atoms with Crippen LogP contribution in [-0.2, 0) is 4.74 Å². The Bertz CT molecular complexity index is 284. The van der Waals surface area contributed by atoms with Gasteiger partial charge in [0, 0.05) is 19.7 Å². The van der Waals surface area contributed by atoms with Gasteiger partial charge in [-0.05, 0) is 26.0 Å². The first-order valence-electron chi connectivity index (χ1n) is 5.64. The average Bonchev–Trinajstić information content (AvgIpc) is 2.27. The van der Waals surface area contributed by atoms with Crippen LogP contribution in [0.2, 0.25) is 0 Å². The molecule has 0 saturated carbocycles. The summed E-state index contributed by atoms with van der Waals surface area (Å²) in [5, 5.41) is 3.32. The standard InChI is InChI=1S/C13H21NO2/c1-11-4-6-13(7-5-11)16-9-8-14-12(2)10-15-3/h4-7,12,14H,8-10H2,1-3H3. The Morgan fingerprint density at radius 1 is 1.25 bits per heavy atom. The third-order valence-corrected chi connectivity index (χ3v) is 2.30. The van der Waals surface area contributed by atoms with Crippen molar-refractivity contribution in [1.29, 1.82) is 0 Å². The molecule has 0 spiro atoms. The fourth-order valence-corrected chi connectivity index (χ4v) is 1.42. The van der Waals surface area contributed by atoms with Crippen molar-refractivity contribution in [2.45, 2.75) is 19.9 Å². The van der Waals surface area contributed by atoms with Crippen LogP contribution in [-0.4, -0.2) is 32.9 Å². The molecule has 90 valence electrons. The van der Waals surface area contributed by atoms with Crippen LogP contribution in [0.3, 0.4) is 0 Å². The van der Waals surface area contributed by atoms with Gasteiger partial charge in [-0.15, -0.1) is 0 Å². The Balaban J connectivity index is 2.13. The molecule has 1 atom stereocenters. The predicted molar refractivity (Wildman–Crippen MR) is 66.0 cm³/mol. The molecule has 0 bridgehead atoms. The molecule has 3 nitrogen and oxygen atoms in total. The smallest absolute Gasteiger partial charge is 0.119 e. The topological polar surface area (TPSA) is 30.5 Å². The van der Waals surface area contributed by atoms with Crippen molar-refractivity contribution in [2.75, 3.05) is 26.9 Å². The molecule has 0 saturated heterocycles. The summed E-state index contributed by atoms with van der Waals surface area (Å²) in [6.07, 6.45) is 0. The van der Waals surface area contributed by atoms with Gasteiger partial charge in [-0.2, -0.15) is 0 Å². The lowest BCUT2D eigenvalue weighted by Gasteiger charge is -2.13. The maximum atomic E-state index is 5.59. The molecule has 1 aromatic carbocycles. The molecule has 3 heteroatoms. The molecule has 0 radical (unpaired) electrons. The van der Waals surface area contributed by atoms with E-state index in [0.29, 0.717) is 12.6 Å². The molecular formula is C13H21NO2. The van der Waals surface area contributed by atoms with Gasteiger partial charge in [-0.25, -0.2) is 0 Å². The second kappa shape index (κ2) is 7.25. The number of aryl methyl sites for hydroxylation is 1. The zero-order chi connectivity index (χ0) is 11.8. The SMILES string of the molecule is COCC(C)NCCOc1ccc(C)cc1. The zero-order valence-corrected chi connectivity index (χ0v) is 10.3. The van der Waals surface area contributed by atoms with Crippen LogP contribution in [0.5, 0.6) is 5.75 Å². The summed E-state index contributed by atoms with van der Waals surface area (Å²) in [6, 6.07) is 8.46. The van der Waals surface area contributed by atoms with Crippen molar-refractivity contribution < 1.29 is 9.47 Å². The number of benzene rings is 1.